The van der Waals surface area contributed by atoms with Gasteiger partial charge in [-0.3, -0.25) is 0 Å². The van der Waals surface area contributed by atoms with Crippen molar-refractivity contribution in [2.24, 2.45) is 0 Å². The van der Waals surface area contributed by atoms with Gasteiger partial charge in [0.05, 0.1) is 5.02 Å². The highest BCUT2D eigenvalue weighted by Gasteiger charge is 2.14. The minimum absolute atomic E-state index is 0.166. The van der Waals surface area contributed by atoms with Crippen molar-refractivity contribution in [1.82, 2.24) is 0 Å². The Labute approximate surface area is 128 Å². The van der Waals surface area contributed by atoms with E-state index in [9.17, 15) is 4.39 Å². The number of hydrogen-bond acceptors (Lipinski definition) is 0. The predicted octanol–water partition coefficient (Wildman–Crippen LogP) is 6.12. The quantitative estimate of drug-likeness (QED) is 0.534. The van der Waals surface area contributed by atoms with Crippen LogP contribution < -0.4 is 0 Å². The first-order valence-corrected chi connectivity index (χ1v) is 7.15. The average Bonchev–Trinajstić information content (AvgIpc) is 2.52. The van der Waals surface area contributed by atoms with E-state index < -0.39 is 0 Å². The van der Waals surface area contributed by atoms with Gasteiger partial charge in [0.1, 0.15) is 5.82 Å². The summed E-state index contributed by atoms with van der Waals surface area (Å²) in [6.45, 7) is 2.01. The smallest absolute Gasteiger partial charge is 0.150 e. The van der Waals surface area contributed by atoms with Crippen LogP contribution in [-0.4, -0.2) is 0 Å². The van der Waals surface area contributed by atoms with E-state index in [-0.39, 0.29) is 10.8 Å². The second-order valence-corrected chi connectivity index (χ2v) is 5.40. The third kappa shape index (κ3) is 2.70. The molecule has 0 spiro atoms. The highest BCUT2D eigenvalue weighted by molar-refractivity contribution is 6.33. The Morgan fingerprint density at radius 2 is 1.29 bits per heavy atom. The minimum atomic E-state index is -0.373. The maximum absolute atomic E-state index is 14.6. The standard InChI is InChI=1S/C19H14ClF/c1-13-7-9-15(10-8-13)17-12-11-16(18(20)19(17)21)14-5-3-2-4-6-14/h2-12H,1H3. The summed E-state index contributed by atoms with van der Waals surface area (Å²) in [7, 11) is 0. The molecule has 0 saturated heterocycles. The summed E-state index contributed by atoms with van der Waals surface area (Å²) in [5, 5.41) is 0.166. The molecule has 3 aromatic carbocycles. The molecular weight excluding hydrogens is 283 g/mol. The molecule has 0 saturated carbocycles. The normalized spacial score (nSPS) is 10.6. The maximum Gasteiger partial charge on any atom is 0.150 e. The van der Waals surface area contributed by atoms with Gasteiger partial charge in [-0.25, -0.2) is 4.39 Å². The van der Waals surface area contributed by atoms with Gasteiger partial charge in [0, 0.05) is 11.1 Å². The molecule has 0 bridgehead atoms. The number of rotatable bonds is 2. The van der Waals surface area contributed by atoms with Crippen LogP contribution in [0.25, 0.3) is 22.3 Å². The molecule has 0 aliphatic rings. The summed E-state index contributed by atoms with van der Waals surface area (Å²) < 4.78 is 14.6. The number of hydrogen-bond donors (Lipinski definition) is 0. The van der Waals surface area contributed by atoms with Crippen molar-refractivity contribution in [3.63, 3.8) is 0 Å². The van der Waals surface area contributed by atoms with Crippen molar-refractivity contribution in [1.29, 1.82) is 0 Å². The van der Waals surface area contributed by atoms with E-state index in [1.807, 2.05) is 67.6 Å². The van der Waals surface area contributed by atoms with Gasteiger partial charge in [0.25, 0.3) is 0 Å². The molecule has 0 aliphatic carbocycles. The fraction of sp³-hybridized carbons (Fsp3) is 0.0526. The van der Waals surface area contributed by atoms with Crippen molar-refractivity contribution >= 4 is 11.6 Å². The van der Waals surface area contributed by atoms with Crippen molar-refractivity contribution < 1.29 is 4.39 Å². The Kier molecular flexibility index (Phi) is 3.76. The summed E-state index contributed by atoms with van der Waals surface area (Å²) in [6, 6.07) is 21.0. The molecule has 0 aliphatic heterocycles. The molecule has 0 aromatic heterocycles. The maximum atomic E-state index is 14.6. The van der Waals surface area contributed by atoms with Crippen LogP contribution in [0.1, 0.15) is 5.56 Å². The van der Waals surface area contributed by atoms with Gasteiger partial charge in [-0.1, -0.05) is 83.9 Å². The second kappa shape index (κ2) is 5.71. The Morgan fingerprint density at radius 1 is 0.714 bits per heavy atom. The van der Waals surface area contributed by atoms with Crippen LogP contribution in [0, 0.1) is 12.7 Å². The van der Waals surface area contributed by atoms with Crippen LogP contribution in [0.15, 0.2) is 66.7 Å². The highest BCUT2D eigenvalue weighted by Crippen LogP contribution is 2.35. The molecule has 21 heavy (non-hydrogen) atoms. The molecule has 0 atom stereocenters. The number of aryl methyl sites for hydroxylation is 1. The van der Waals surface area contributed by atoms with Crippen LogP contribution in [-0.2, 0) is 0 Å². The molecule has 0 heterocycles. The monoisotopic (exact) mass is 296 g/mol. The van der Waals surface area contributed by atoms with E-state index in [1.165, 1.54) is 0 Å². The zero-order valence-electron chi connectivity index (χ0n) is 11.6. The fourth-order valence-electron chi connectivity index (χ4n) is 2.35. The van der Waals surface area contributed by atoms with E-state index in [0.717, 1.165) is 16.7 Å². The first-order valence-electron chi connectivity index (χ1n) is 6.77. The molecular formula is C19H14ClF. The van der Waals surface area contributed by atoms with E-state index >= 15 is 0 Å². The summed E-state index contributed by atoms with van der Waals surface area (Å²) in [5.41, 5.74) is 4.13. The largest absolute Gasteiger partial charge is 0.205 e. The van der Waals surface area contributed by atoms with Crippen LogP contribution in [0.2, 0.25) is 5.02 Å². The minimum Gasteiger partial charge on any atom is -0.205 e. The Morgan fingerprint density at radius 3 is 1.95 bits per heavy atom. The van der Waals surface area contributed by atoms with Crippen molar-refractivity contribution in [3.05, 3.63) is 83.1 Å². The summed E-state index contributed by atoms with van der Waals surface area (Å²) in [4.78, 5) is 0. The van der Waals surface area contributed by atoms with Crippen molar-refractivity contribution in [3.8, 4) is 22.3 Å². The average molecular weight is 297 g/mol. The molecule has 0 N–H and O–H groups in total. The lowest BCUT2D eigenvalue weighted by molar-refractivity contribution is 0.632. The van der Waals surface area contributed by atoms with Crippen LogP contribution in [0.5, 0.6) is 0 Å². The van der Waals surface area contributed by atoms with Crippen LogP contribution in [0.3, 0.4) is 0 Å². The Balaban J connectivity index is 2.11. The summed E-state index contributed by atoms with van der Waals surface area (Å²) >= 11 is 6.24. The summed E-state index contributed by atoms with van der Waals surface area (Å²) in [5.74, 6) is -0.373. The fourth-order valence-corrected chi connectivity index (χ4v) is 2.62. The van der Waals surface area contributed by atoms with Crippen LogP contribution in [0.4, 0.5) is 4.39 Å². The van der Waals surface area contributed by atoms with E-state index in [2.05, 4.69) is 0 Å². The van der Waals surface area contributed by atoms with Gasteiger partial charge in [-0.2, -0.15) is 0 Å². The van der Waals surface area contributed by atoms with Crippen LogP contribution >= 0.6 is 11.6 Å². The first-order chi connectivity index (χ1) is 10.2. The zero-order valence-corrected chi connectivity index (χ0v) is 12.4. The molecule has 3 aromatic rings. The van der Waals surface area contributed by atoms with Crippen molar-refractivity contribution in [2.45, 2.75) is 6.92 Å². The van der Waals surface area contributed by atoms with Gasteiger partial charge in [-0.05, 0) is 18.1 Å². The lowest BCUT2D eigenvalue weighted by Gasteiger charge is -2.10. The number of benzene rings is 3. The van der Waals surface area contributed by atoms with E-state index in [0.29, 0.717) is 11.1 Å². The molecule has 2 heteroatoms. The van der Waals surface area contributed by atoms with Gasteiger partial charge in [-0.15, -0.1) is 0 Å². The second-order valence-electron chi connectivity index (χ2n) is 5.02. The van der Waals surface area contributed by atoms with Gasteiger partial charge >= 0.3 is 0 Å². The van der Waals surface area contributed by atoms with E-state index in [1.54, 1.807) is 6.07 Å². The van der Waals surface area contributed by atoms with E-state index in [4.69, 9.17) is 11.6 Å². The molecule has 104 valence electrons. The predicted molar refractivity (Wildman–Crippen MR) is 87.0 cm³/mol. The third-order valence-corrected chi connectivity index (χ3v) is 3.90. The lowest BCUT2D eigenvalue weighted by atomic mass is 9.99. The third-order valence-electron chi connectivity index (χ3n) is 3.53. The Hall–Kier alpha value is -2.12. The topological polar surface area (TPSA) is 0 Å². The first kappa shape index (κ1) is 13.8. The SMILES string of the molecule is Cc1ccc(-c2ccc(-c3ccccc3)c(Cl)c2F)cc1. The van der Waals surface area contributed by atoms with Gasteiger partial charge in [0.2, 0.25) is 0 Å². The number of halogens is 2. The Bertz CT molecular complexity index is 762. The van der Waals surface area contributed by atoms with Crippen molar-refractivity contribution in [2.75, 3.05) is 0 Å². The molecule has 0 radical (unpaired) electrons. The molecule has 0 amide bonds. The molecule has 0 unspecified atom stereocenters. The molecule has 3 rings (SSSR count). The highest BCUT2D eigenvalue weighted by atomic mass is 35.5. The summed E-state index contributed by atoms with van der Waals surface area (Å²) in [6.07, 6.45) is 0. The zero-order chi connectivity index (χ0) is 14.8. The van der Waals surface area contributed by atoms with Gasteiger partial charge < -0.3 is 0 Å². The molecule has 0 nitrogen and oxygen atoms in total. The van der Waals surface area contributed by atoms with Gasteiger partial charge in [0.15, 0.2) is 0 Å². The molecule has 0 fully saturated rings. The lowest BCUT2D eigenvalue weighted by Crippen LogP contribution is -1.89.